The fourth-order valence-corrected chi connectivity index (χ4v) is 4.40. The molecule has 0 saturated carbocycles. The summed E-state index contributed by atoms with van der Waals surface area (Å²) in [5, 5.41) is 3.60. The number of nitrogens with one attached hydrogen (secondary N) is 3. The highest BCUT2D eigenvalue weighted by atomic mass is 32.2. The van der Waals surface area contributed by atoms with Crippen molar-refractivity contribution in [3.8, 4) is 0 Å². The van der Waals surface area contributed by atoms with E-state index in [-0.39, 0.29) is 5.91 Å². The Kier molecular flexibility index (Phi) is 5.97. The fourth-order valence-electron chi connectivity index (χ4n) is 2.98. The van der Waals surface area contributed by atoms with E-state index in [1.165, 1.54) is 0 Å². The number of sulfonamides is 1. The Hall–Kier alpha value is -3.30. The van der Waals surface area contributed by atoms with Crippen LogP contribution < -0.4 is 10.0 Å². The van der Waals surface area contributed by atoms with Gasteiger partial charge in [-0.15, -0.1) is 0 Å². The third kappa shape index (κ3) is 5.44. The molecule has 0 aliphatic carbocycles. The summed E-state index contributed by atoms with van der Waals surface area (Å²) in [6.45, 7) is 0. The highest BCUT2D eigenvalue weighted by Gasteiger charge is 2.12. The number of hydrogen-bond donors (Lipinski definition) is 3. The molecule has 9 heteroatoms. The molecule has 1 aromatic heterocycles. The molecule has 31 heavy (non-hydrogen) atoms. The Morgan fingerprint density at radius 3 is 2.35 bits per heavy atom. The quantitative estimate of drug-likeness (QED) is 0.359. The second-order valence-corrected chi connectivity index (χ2v) is 9.63. The van der Waals surface area contributed by atoms with Gasteiger partial charge in [0.2, 0.25) is 10.0 Å². The highest BCUT2D eigenvalue weighted by molar-refractivity contribution is 7.98. The molecule has 158 valence electrons. The molecule has 0 aliphatic heterocycles. The standard InChI is InChI=1S/C22H20N4O3S2/c1-31(28,29)26-20-9-5-4-8-19(20)23-21(27)16-12-10-15(11-13-16)14-30-22-24-17-6-2-3-7-18(17)25-22/h2-13,26H,14H2,1H3,(H,23,27)(H,24,25). The number of hydrogen-bond acceptors (Lipinski definition) is 5. The van der Waals surface area contributed by atoms with Gasteiger partial charge >= 0.3 is 0 Å². The van der Waals surface area contributed by atoms with Crippen molar-refractivity contribution in [1.29, 1.82) is 0 Å². The molecule has 0 saturated heterocycles. The first-order valence-electron chi connectivity index (χ1n) is 9.42. The number of carbonyl (C=O) groups excluding carboxylic acids is 1. The van der Waals surface area contributed by atoms with Crippen molar-refractivity contribution in [1.82, 2.24) is 9.97 Å². The zero-order valence-corrected chi connectivity index (χ0v) is 18.3. The summed E-state index contributed by atoms with van der Waals surface area (Å²) < 4.78 is 25.5. The number of H-pyrrole nitrogens is 1. The van der Waals surface area contributed by atoms with E-state index < -0.39 is 10.0 Å². The zero-order valence-electron chi connectivity index (χ0n) is 16.6. The van der Waals surface area contributed by atoms with E-state index in [2.05, 4.69) is 20.0 Å². The number of para-hydroxylation sites is 4. The van der Waals surface area contributed by atoms with E-state index in [1.54, 1.807) is 48.2 Å². The lowest BCUT2D eigenvalue weighted by Crippen LogP contribution is -2.16. The topological polar surface area (TPSA) is 104 Å². The fraction of sp³-hybridized carbons (Fsp3) is 0.0909. The van der Waals surface area contributed by atoms with Crippen molar-refractivity contribution in [2.45, 2.75) is 10.9 Å². The number of carbonyl (C=O) groups is 1. The molecule has 3 N–H and O–H groups in total. The third-order valence-electron chi connectivity index (χ3n) is 4.43. The molecule has 1 heterocycles. The van der Waals surface area contributed by atoms with Crippen LogP contribution in [-0.4, -0.2) is 30.5 Å². The van der Waals surface area contributed by atoms with Crippen LogP contribution in [0.3, 0.4) is 0 Å². The van der Waals surface area contributed by atoms with Crippen molar-refractivity contribution < 1.29 is 13.2 Å². The van der Waals surface area contributed by atoms with Crippen molar-refractivity contribution in [3.05, 3.63) is 83.9 Å². The Labute approximate surface area is 184 Å². The largest absolute Gasteiger partial charge is 0.333 e. The molecule has 4 aromatic rings. The minimum atomic E-state index is -3.46. The number of benzene rings is 3. The van der Waals surface area contributed by atoms with E-state index in [4.69, 9.17) is 0 Å². The average molecular weight is 453 g/mol. The molecular weight excluding hydrogens is 432 g/mol. The van der Waals surface area contributed by atoms with Gasteiger partial charge in [-0.1, -0.05) is 48.2 Å². The number of thioether (sulfide) groups is 1. The average Bonchev–Trinajstić information content (AvgIpc) is 3.16. The van der Waals surface area contributed by atoms with Crippen LogP contribution in [0.15, 0.2) is 78.0 Å². The Morgan fingerprint density at radius 2 is 1.65 bits per heavy atom. The lowest BCUT2D eigenvalue weighted by molar-refractivity contribution is 0.102. The lowest BCUT2D eigenvalue weighted by Gasteiger charge is -2.12. The van der Waals surface area contributed by atoms with Crippen molar-refractivity contribution in [2.75, 3.05) is 16.3 Å². The van der Waals surface area contributed by atoms with Gasteiger partial charge in [0.15, 0.2) is 5.16 Å². The second kappa shape index (κ2) is 8.83. The first-order chi connectivity index (χ1) is 14.9. The summed E-state index contributed by atoms with van der Waals surface area (Å²) >= 11 is 1.59. The first kappa shape index (κ1) is 21.0. The number of amides is 1. The van der Waals surface area contributed by atoms with Gasteiger partial charge in [0, 0.05) is 11.3 Å². The van der Waals surface area contributed by atoms with Crippen LogP contribution in [0.5, 0.6) is 0 Å². The SMILES string of the molecule is CS(=O)(=O)Nc1ccccc1NC(=O)c1ccc(CSc2nc3ccccc3[nH]2)cc1. The summed E-state index contributed by atoms with van der Waals surface area (Å²) in [6, 6.07) is 21.8. The Morgan fingerprint density at radius 1 is 0.968 bits per heavy atom. The summed E-state index contributed by atoms with van der Waals surface area (Å²) in [6.07, 6.45) is 1.06. The molecule has 4 rings (SSSR count). The van der Waals surface area contributed by atoms with Gasteiger partial charge in [-0.2, -0.15) is 0 Å². The van der Waals surface area contributed by atoms with Crippen LogP contribution in [0.4, 0.5) is 11.4 Å². The van der Waals surface area contributed by atoms with E-state index in [1.807, 2.05) is 36.4 Å². The second-order valence-electron chi connectivity index (χ2n) is 6.92. The minimum absolute atomic E-state index is 0.317. The van der Waals surface area contributed by atoms with Gasteiger partial charge in [-0.3, -0.25) is 9.52 Å². The number of fused-ring (bicyclic) bond motifs is 1. The molecule has 0 fully saturated rings. The molecule has 0 aliphatic rings. The van der Waals surface area contributed by atoms with Gasteiger partial charge in [-0.25, -0.2) is 13.4 Å². The molecule has 0 radical (unpaired) electrons. The summed E-state index contributed by atoms with van der Waals surface area (Å²) in [7, 11) is -3.46. The molecule has 0 atom stereocenters. The number of aromatic nitrogens is 2. The van der Waals surface area contributed by atoms with Crippen LogP contribution in [0, 0.1) is 0 Å². The monoisotopic (exact) mass is 452 g/mol. The summed E-state index contributed by atoms with van der Waals surface area (Å²) in [4.78, 5) is 20.4. The summed E-state index contributed by atoms with van der Waals surface area (Å²) in [5.41, 5.74) is 4.18. The summed E-state index contributed by atoms with van der Waals surface area (Å²) in [5.74, 6) is 0.391. The smallest absolute Gasteiger partial charge is 0.255 e. The molecule has 7 nitrogen and oxygen atoms in total. The van der Waals surface area contributed by atoms with Crippen molar-refractivity contribution >= 4 is 50.1 Å². The molecule has 0 unspecified atom stereocenters. The van der Waals surface area contributed by atoms with Crippen LogP contribution in [0.25, 0.3) is 11.0 Å². The first-order valence-corrected chi connectivity index (χ1v) is 12.3. The van der Waals surface area contributed by atoms with Gasteiger partial charge in [-0.05, 0) is 42.0 Å². The molecule has 0 bridgehead atoms. The normalized spacial score (nSPS) is 11.4. The van der Waals surface area contributed by atoms with Gasteiger partial charge in [0.25, 0.3) is 5.91 Å². The lowest BCUT2D eigenvalue weighted by atomic mass is 10.1. The van der Waals surface area contributed by atoms with Crippen LogP contribution in [0.2, 0.25) is 0 Å². The molecule has 1 amide bonds. The number of nitrogens with zero attached hydrogens (tertiary/aromatic N) is 1. The Bertz CT molecular complexity index is 1300. The van der Waals surface area contributed by atoms with E-state index >= 15 is 0 Å². The van der Waals surface area contributed by atoms with E-state index in [9.17, 15) is 13.2 Å². The molecule has 0 spiro atoms. The minimum Gasteiger partial charge on any atom is -0.333 e. The molecule has 3 aromatic carbocycles. The highest BCUT2D eigenvalue weighted by Crippen LogP contribution is 2.25. The predicted octanol–water partition coefficient (Wildman–Crippen LogP) is 4.48. The van der Waals surface area contributed by atoms with Crippen molar-refractivity contribution in [2.24, 2.45) is 0 Å². The number of aromatic amines is 1. The molecular formula is C22H20N4O3S2. The number of rotatable bonds is 7. The Balaban J connectivity index is 1.40. The van der Waals surface area contributed by atoms with Gasteiger partial charge in [0.05, 0.1) is 28.7 Å². The van der Waals surface area contributed by atoms with Crippen LogP contribution in [0.1, 0.15) is 15.9 Å². The predicted molar refractivity (Wildman–Crippen MR) is 125 cm³/mol. The number of anilines is 2. The van der Waals surface area contributed by atoms with Gasteiger partial charge in [0.1, 0.15) is 0 Å². The van der Waals surface area contributed by atoms with Crippen molar-refractivity contribution in [3.63, 3.8) is 0 Å². The number of imidazole rings is 1. The zero-order chi connectivity index (χ0) is 21.8. The van der Waals surface area contributed by atoms with E-state index in [0.717, 1.165) is 28.0 Å². The van der Waals surface area contributed by atoms with Gasteiger partial charge < -0.3 is 10.3 Å². The maximum absolute atomic E-state index is 12.6. The third-order valence-corrected chi connectivity index (χ3v) is 5.97. The van der Waals surface area contributed by atoms with E-state index in [0.29, 0.717) is 22.7 Å². The maximum Gasteiger partial charge on any atom is 0.255 e. The van der Waals surface area contributed by atoms with Crippen LogP contribution in [-0.2, 0) is 15.8 Å². The van der Waals surface area contributed by atoms with Crippen LogP contribution >= 0.6 is 11.8 Å². The maximum atomic E-state index is 12.6.